The van der Waals surface area contributed by atoms with Crippen molar-refractivity contribution in [3.05, 3.63) is 12.2 Å². The summed E-state index contributed by atoms with van der Waals surface area (Å²) in [6.07, 6.45) is 95.1. The second-order valence-electron chi connectivity index (χ2n) is 30.2. The first kappa shape index (κ1) is 91.8. The van der Waals surface area contributed by atoms with Crippen molar-refractivity contribution in [1.29, 1.82) is 0 Å². The number of hydrogen-bond acceptors (Lipinski definition) is 8. The second kappa shape index (κ2) is 75.0. The molecular formula is C83H164NO8P. The molecule has 0 rings (SSSR count). The van der Waals surface area contributed by atoms with Gasteiger partial charge in [0.05, 0.1) is 27.7 Å². The number of quaternary nitrogens is 1. The quantitative estimate of drug-likeness (QED) is 0.0195. The van der Waals surface area contributed by atoms with Gasteiger partial charge in [0.1, 0.15) is 19.8 Å². The molecule has 0 aliphatic rings. The van der Waals surface area contributed by atoms with E-state index in [1.165, 1.54) is 392 Å². The maximum absolute atomic E-state index is 12.9. The van der Waals surface area contributed by atoms with Crippen LogP contribution in [0.3, 0.4) is 0 Å². The van der Waals surface area contributed by atoms with Crippen molar-refractivity contribution < 1.29 is 42.1 Å². The highest BCUT2D eigenvalue weighted by molar-refractivity contribution is 7.45. The van der Waals surface area contributed by atoms with Crippen LogP contribution in [0, 0.1) is 0 Å². The molecule has 2 atom stereocenters. The standard InChI is InChI=1S/C83H164NO8P/c1-6-8-10-12-14-16-18-20-22-24-26-28-30-32-34-36-38-40-42-44-46-48-50-52-54-56-58-60-62-64-66-68-70-72-74-76-83(86)92-81(80-91-93(87,88)90-78-77-84(3,4)5)79-89-82(85)75-73-71-69-67-65-63-61-59-57-55-53-51-49-47-45-43-41-39-37-35-33-31-29-27-25-23-21-19-17-15-13-11-9-7-2/h24,26,81H,6-23,25,27-80H2,1-5H3/b26-24-. The molecule has 0 aromatic heterocycles. The van der Waals surface area contributed by atoms with E-state index < -0.39 is 26.5 Å². The lowest BCUT2D eigenvalue weighted by atomic mass is 10.0. The molecule has 0 aliphatic heterocycles. The van der Waals surface area contributed by atoms with Crippen molar-refractivity contribution in [3.8, 4) is 0 Å². The third-order valence-electron chi connectivity index (χ3n) is 19.5. The molecule has 554 valence electrons. The molecular weight excluding hydrogens is 1170 g/mol. The number of rotatable bonds is 80. The Hall–Kier alpha value is -1.25. The maximum atomic E-state index is 12.9. The van der Waals surface area contributed by atoms with E-state index in [4.69, 9.17) is 18.5 Å². The predicted molar refractivity (Wildman–Crippen MR) is 402 cm³/mol. The van der Waals surface area contributed by atoms with Gasteiger partial charge < -0.3 is 27.9 Å². The zero-order valence-corrected chi connectivity index (χ0v) is 64.4. The van der Waals surface area contributed by atoms with Crippen LogP contribution < -0.4 is 4.89 Å². The SMILES string of the molecule is CCCCCCCCCC/C=C\CCCCCCCCCCCCCCCCCCCCCCCCCC(=O)OC(COC(=O)CCCCCCCCCCCCCCCCCCCCCCCCCCCCCCCCCCCC)COP(=O)([O-])OCC[N+](C)(C)C. The van der Waals surface area contributed by atoms with Crippen molar-refractivity contribution in [3.63, 3.8) is 0 Å². The Morgan fingerprint density at radius 2 is 0.548 bits per heavy atom. The molecule has 0 saturated carbocycles. The van der Waals surface area contributed by atoms with E-state index >= 15 is 0 Å². The smallest absolute Gasteiger partial charge is 0.306 e. The lowest BCUT2D eigenvalue weighted by Gasteiger charge is -2.28. The number of likely N-dealkylation sites (N-methyl/N-ethyl adjacent to an activating group) is 1. The number of carbonyl (C=O) groups excluding carboxylic acids is 2. The van der Waals surface area contributed by atoms with Gasteiger partial charge in [0.25, 0.3) is 7.82 Å². The molecule has 10 heteroatoms. The maximum Gasteiger partial charge on any atom is 0.306 e. The number of esters is 2. The summed E-state index contributed by atoms with van der Waals surface area (Å²) in [6, 6.07) is 0. The molecule has 0 aromatic rings. The van der Waals surface area contributed by atoms with Gasteiger partial charge in [-0.1, -0.05) is 418 Å². The molecule has 0 saturated heterocycles. The molecule has 0 aromatic carbocycles. The van der Waals surface area contributed by atoms with Crippen LogP contribution in [0.5, 0.6) is 0 Å². The first-order valence-electron chi connectivity index (χ1n) is 41.9. The van der Waals surface area contributed by atoms with E-state index in [1.54, 1.807) is 0 Å². The molecule has 0 spiro atoms. The predicted octanol–water partition coefficient (Wildman–Crippen LogP) is 27.2. The highest BCUT2D eigenvalue weighted by Crippen LogP contribution is 2.38. The lowest BCUT2D eigenvalue weighted by Crippen LogP contribution is -2.37. The average Bonchev–Trinajstić information content (AvgIpc) is 2.44. The number of phosphoric acid groups is 1. The highest BCUT2D eigenvalue weighted by atomic mass is 31.2. The van der Waals surface area contributed by atoms with Gasteiger partial charge in [-0.05, 0) is 38.5 Å². The van der Waals surface area contributed by atoms with Crippen LogP contribution in [0.25, 0.3) is 0 Å². The lowest BCUT2D eigenvalue weighted by molar-refractivity contribution is -0.870. The normalized spacial score (nSPS) is 13.0. The molecule has 93 heavy (non-hydrogen) atoms. The molecule has 9 nitrogen and oxygen atoms in total. The van der Waals surface area contributed by atoms with E-state index in [0.717, 1.165) is 32.1 Å². The van der Waals surface area contributed by atoms with Gasteiger partial charge in [-0.3, -0.25) is 14.2 Å². The summed E-state index contributed by atoms with van der Waals surface area (Å²) in [4.78, 5) is 38.2. The summed E-state index contributed by atoms with van der Waals surface area (Å²) in [5.41, 5.74) is 0. The topological polar surface area (TPSA) is 111 Å². The number of hydrogen-bond donors (Lipinski definition) is 0. The van der Waals surface area contributed by atoms with Crippen LogP contribution in [0.2, 0.25) is 0 Å². The van der Waals surface area contributed by atoms with Crippen LogP contribution in [0.1, 0.15) is 457 Å². The molecule has 0 amide bonds. The minimum Gasteiger partial charge on any atom is -0.756 e. The molecule has 0 bridgehead atoms. The Balaban J connectivity index is 3.87. The van der Waals surface area contributed by atoms with Crippen LogP contribution >= 0.6 is 7.82 Å². The summed E-state index contributed by atoms with van der Waals surface area (Å²) < 4.78 is 34.5. The fraction of sp³-hybridized carbons (Fsp3) is 0.952. The van der Waals surface area contributed by atoms with Gasteiger partial charge in [-0.2, -0.15) is 0 Å². The average molecular weight is 1340 g/mol. The molecule has 0 radical (unpaired) electrons. The molecule has 0 N–H and O–H groups in total. The number of ether oxygens (including phenoxy) is 2. The molecule has 2 unspecified atom stereocenters. The Morgan fingerprint density at radius 3 is 0.796 bits per heavy atom. The summed E-state index contributed by atoms with van der Waals surface area (Å²) in [6.45, 7) is 4.34. The fourth-order valence-corrected chi connectivity index (χ4v) is 13.9. The van der Waals surface area contributed by atoms with Crippen LogP contribution in [-0.2, 0) is 32.7 Å². The Labute approximate surface area is 581 Å². The van der Waals surface area contributed by atoms with Gasteiger partial charge in [-0.25, -0.2) is 0 Å². The van der Waals surface area contributed by atoms with Crippen LogP contribution in [-0.4, -0.2) is 70.0 Å². The monoisotopic (exact) mass is 1330 g/mol. The second-order valence-corrected chi connectivity index (χ2v) is 31.6. The van der Waals surface area contributed by atoms with E-state index in [-0.39, 0.29) is 32.0 Å². The molecule has 0 fully saturated rings. The van der Waals surface area contributed by atoms with Gasteiger partial charge in [0.15, 0.2) is 6.10 Å². The molecule has 0 aliphatic carbocycles. The van der Waals surface area contributed by atoms with E-state index in [0.29, 0.717) is 17.4 Å². The van der Waals surface area contributed by atoms with Gasteiger partial charge in [0.2, 0.25) is 0 Å². The minimum absolute atomic E-state index is 0.0254. The van der Waals surface area contributed by atoms with E-state index in [1.807, 2.05) is 21.1 Å². The number of carbonyl (C=O) groups is 2. The minimum atomic E-state index is -4.64. The first-order valence-corrected chi connectivity index (χ1v) is 43.4. The van der Waals surface area contributed by atoms with Crippen molar-refractivity contribution in [2.75, 3.05) is 47.5 Å². The number of allylic oxidation sites excluding steroid dienone is 2. The summed E-state index contributed by atoms with van der Waals surface area (Å²) in [5.74, 6) is -0.801. The van der Waals surface area contributed by atoms with Gasteiger partial charge >= 0.3 is 11.9 Å². The zero-order valence-electron chi connectivity index (χ0n) is 63.5. The highest BCUT2D eigenvalue weighted by Gasteiger charge is 2.22. The summed E-state index contributed by atoms with van der Waals surface area (Å²) in [7, 11) is 1.20. The first-order chi connectivity index (χ1) is 45.5. The number of nitrogens with zero attached hydrogens (tertiary/aromatic N) is 1. The van der Waals surface area contributed by atoms with Crippen LogP contribution in [0.15, 0.2) is 12.2 Å². The Morgan fingerprint density at radius 1 is 0.323 bits per heavy atom. The Bertz CT molecular complexity index is 1570. The van der Waals surface area contributed by atoms with Gasteiger partial charge in [0, 0.05) is 12.8 Å². The van der Waals surface area contributed by atoms with Gasteiger partial charge in [-0.15, -0.1) is 0 Å². The zero-order chi connectivity index (χ0) is 67.6. The third kappa shape index (κ3) is 79.6. The number of phosphoric ester groups is 1. The van der Waals surface area contributed by atoms with E-state index in [2.05, 4.69) is 26.0 Å². The number of unbranched alkanes of at least 4 members (excludes halogenated alkanes) is 64. The largest absolute Gasteiger partial charge is 0.756 e. The Kier molecular flexibility index (Phi) is 74.0. The fourth-order valence-electron chi connectivity index (χ4n) is 13.1. The third-order valence-corrected chi connectivity index (χ3v) is 20.5. The van der Waals surface area contributed by atoms with Crippen molar-refractivity contribution in [1.82, 2.24) is 0 Å². The van der Waals surface area contributed by atoms with E-state index in [9.17, 15) is 19.0 Å². The summed E-state index contributed by atoms with van der Waals surface area (Å²) in [5, 5.41) is 0. The summed E-state index contributed by atoms with van der Waals surface area (Å²) >= 11 is 0. The molecule has 0 heterocycles. The van der Waals surface area contributed by atoms with Crippen molar-refractivity contribution in [2.45, 2.75) is 463 Å². The van der Waals surface area contributed by atoms with Crippen molar-refractivity contribution >= 4 is 19.8 Å². The van der Waals surface area contributed by atoms with Crippen molar-refractivity contribution in [2.24, 2.45) is 0 Å². The van der Waals surface area contributed by atoms with Crippen LogP contribution in [0.4, 0.5) is 0 Å².